The molecule has 1 aliphatic rings. The van der Waals surface area contributed by atoms with Crippen LogP contribution in [0.1, 0.15) is 84.8 Å². The minimum absolute atomic E-state index is 0.0329. The first kappa shape index (κ1) is 50.9. The number of carbonyl (C=O) groups is 3. The molecule has 2 aromatic rings. The molecule has 0 radical (unpaired) electrons. The predicted molar refractivity (Wildman–Crippen MR) is 210 cm³/mol. The van der Waals surface area contributed by atoms with Crippen LogP contribution in [0.15, 0.2) is 12.7 Å². The van der Waals surface area contributed by atoms with E-state index >= 15 is 0 Å². The number of ether oxygens (including phenoxy) is 1. The van der Waals surface area contributed by atoms with E-state index in [1.54, 1.807) is 0 Å². The van der Waals surface area contributed by atoms with Crippen molar-refractivity contribution >= 4 is 69.1 Å². The number of phosphoric ester groups is 3. The number of amides is 2. The molecule has 10 N–H and O–H groups in total. The number of carbonyl (C=O) groups excluding carboxylic acids is 3. The first-order chi connectivity index (χ1) is 27.6. The summed E-state index contributed by atoms with van der Waals surface area (Å²) in [6.45, 7) is 2.73. The van der Waals surface area contributed by atoms with E-state index in [2.05, 4.69) is 41.3 Å². The molecule has 0 aliphatic carbocycles. The van der Waals surface area contributed by atoms with Crippen LogP contribution in [0.25, 0.3) is 11.2 Å². The molecule has 7 atom stereocenters. The largest absolute Gasteiger partial charge is 0.481 e. The predicted octanol–water partition coefficient (Wildman–Crippen LogP) is 1.81. The smallest absolute Gasteiger partial charge is 0.386 e. The lowest BCUT2D eigenvalue weighted by Crippen LogP contribution is -2.46. The number of phosphoric acid groups is 3. The third-order valence-corrected chi connectivity index (χ3v) is 12.8. The van der Waals surface area contributed by atoms with Crippen molar-refractivity contribution < 1.29 is 80.5 Å². The monoisotopic (exact) mass is 921 g/mol. The number of aliphatic hydroxyl groups excluding tert-OH is 2. The number of hydrogen-bond acceptors (Lipinski definition) is 18. The third-order valence-electron chi connectivity index (χ3n) is 8.75. The van der Waals surface area contributed by atoms with E-state index in [0.29, 0.717) is 12.2 Å². The number of aliphatic hydroxyl groups is 2. The lowest BCUT2D eigenvalue weighted by molar-refractivity contribution is -0.137. The third kappa shape index (κ3) is 17.1. The fraction of sp³-hybridized carbons (Fsp3) is 0.742. The SMILES string of the molecule is CCCCCCCCCC(=O)SCCNC(=O)CCNC(=O)[C@@H](O)C(C)(C)COP(=O)(O)OP(=O)(O)OC[C@@H]1O[C@H](n2cnc3c(N)ncnc32)[C@@H](O)[C@@H]1OP(=O)(O)O. The summed E-state index contributed by atoms with van der Waals surface area (Å²) >= 11 is 1.14. The molecule has 1 saturated heterocycles. The second-order valence-electron chi connectivity index (χ2n) is 14.2. The summed E-state index contributed by atoms with van der Waals surface area (Å²) in [7, 11) is -16.4. The van der Waals surface area contributed by atoms with Crippen LogP contribution < -0.4 is 16.4 Å². The number of fused-ring (bicyclic) bond motifs is 1. The maximum atomic E-state index is 12.7. The maximum absolute atomic E-state index is 12.7. The zero-order chi connectivity index (χ0) is 44.0. The highest BCUT2D eigenvalue weighted by molar-refractivity contribution is 8.13. The van der Waals surface area contributed by atoms with Crippen molar-refractivity contribution in [2.75, 3.05) is 37.8 Å². The Hall–Kier alpha value is -2.44. The Morgan fingerprint density at radius 3 is 2.31 bits per heavy atom. The summed E-state index contributed by atoms with van der Waals surface area (Å²) in [6, 6.07) is 0. The molecule has 2 aromatic heterocycles. The summed E-state index contributed by atoms with van der Waals surface area (Å²) in [5.74, 6) is -1.03. The number of unbranched alkanes of at least 4 members (excludes halogenated alkanes) is 6. The molecule has 24 nitrogen and oxygen atoms in total. The highest BCUT2D eigenvalue weighted by Gasteiger charge is 2.50. The molecule has 3 rings (SSSR count). The molecule has 336 valence electrons. The van der Waals surface area contributed by atoms with Gasteiger partial charge in [-0.25, -0.2) is 28.6 Å². The summed E-state index contributed by atoms with van der Waals surface area (Å²) in [6.07, 6.45) is 1.35. The number of nitrogens with one attached hydrogen (secondary N) is 2. The van der Waals surface area contributed by atoms with Gasteiger partial charge in [0.25, 0.3) is 0 Å². The van der Waals surface area contributed by atoms with Gasteiger partial charge in [-0.2, -0.15) is 4.31 Å². The van der Waals surface area contributed by atoms with Crippen LogP contribution in [0, 0.1) is 5.41 Å². The van der Waals surface area contributed by atoms with Crippen molar-refractivity contribution in [3.63, 3.8) is 0 Å². The van der Waals surface area contributed by atoms with Crippen LogP contribution in [-0.4, -0.2) is 123 Å². The van der Waals surface area contributed by atoms with E-state index in [0.717, 1.165) is 48.2 Å². The lowest BCUT2D eigenvalue weighted by Gasteiger charge is -2.30. The van der Waals surface area contributed by atoms with Crippen LogP contribution >= 0.6 is 35.2 Å². The number of nitrogens with zero attached hydrogens (tertiary/aromatic N) is 4. The van der Waals surface area contributed by atoms with Gasteiger partial charge in [-0.05, 0) is 6.42 Å². The van der Waals surface area contributed by atoms with Crippen molar-refractivity contribution in [3.8, 4) is 0 Å². The molecule has 28 heteroatoms. The van der Waals surface area contributed by atoms with Crippen LogP contribution in [0.4, 0.5) is 5.82 Å². The Kier molecular flexibility index (Phi) is 20.0. The Balaban J connectivity index is 1.42. The Morgan fingerprint density at radius 1 is 0.966 bits per heavy atom. The van der Waals surface area contributed by atoms with Crippen molar-refractivity contribution in [1.82, 2.24) is 30.2 Å². The molecule has 0 saturated carbocycles. The van der Waals surface area contributed by atoms with Gasteiger partial charge in [0, 0.05) is 37.1 Å². The molecule has 1 aliphatic heterocycles. The molecule has 0 bridgehead atoms. The zero-order valence-electron chi connectivity index (χ0n) is 32.7. The van der Waals surface area contributed by atoms with Gasteiger partial charge in [0.05, 0.1) is 19.5 Å². The number of rotatable bonds is 27. The van der Waals surface area contributed by atoms with Gasteiger partial charge in [-0.1, -0.05) is 71.1 Å². The number of aromatic nitrogens is 4. The number of imidazole rings is 1. The number of hydrogen-bond donors (Lipinski definition) is 9. The highest BCUT2D eigenvalue weighted by atomic mass is 32.2. The van der Waals surface area contributed by atoms with Gasteiger partial charge in [0.15, 0.2) is 22.8 Å². The quantitative estimate of drug-likeness (QED) is 0.0455. The Morgan fingerprint density at radius 2 is 1.63 bits per heavy atom. The lowest BCUT2D eigenvalue weighted by atomic mass is 9.87. The van der Waals surface area contributed by atoms with Crippen molar-refractivity contribution in [2.24, 2.45) is 5.41 Å². The summed E-state index contributed by atoms with van der Waals surface area (Å²) < 4.78 is 62.2. The van der Waals surface area contributed by atoms with Gasteiger partial charge in [-0.3, -0.25) is 32.5 Å². The van der Waals surface area contributed by atoms with E-state index < -0.39 is 84.6 Å². The van der Waals surface area contributed by atoms with Gasteiger partial charge in [0.2, 0.25) is 11.8 Å². The fourth-order valence-corrected chi connectivity index (χ4v) is 9.14. The first-order valence-corrected chi connectivity index (χ1v) is 24.1. The molecular formula is C31H54N7O17P3S. The molecule has 2 amide bonds. The fourth-order valence-electron chi connectivity index (χ4n) is 5.59. The van der Waals surface area contributed by atoms with Gasteiger partial charge in [0.1, 0.15) is 36.3 Å². The van der Waals surface area contributed by atoms with E-state index in [4.69, 9.17) is 19.5 Å². The van der Waals surface area contributed by atoms with E-state index in [9.17, 15) is 57.9 Å². The molecule has 0 spiro atoms. The normalized spacial score (nSPS) is 21.2. The zero-order valence-corrected chi connectivity index (χ0v) is 36.2. The van der Waals surface area contributed by atoms with Crippen LogP contribution in [-0.2, 0) is 50.7 Å². The molecule has 2 unspecified atom stereocenters. The number of anilines is 1. The average molecular weight is 922 g/mol. The minimum atomic E-state index is -5.57. The van der Waals surface area contributed by atoms with Crippen LogP contribution in [0.2, 0.25) is 0 Å². The second kappa shape index (κ2) is 23.1. The van der Waals surface area contributed by atoms with Crippen LogP contribution in [0.3, 0.4) is 0 Å². The number of nitrogen functional groups attached to an aromatic ring is 1. The van der Waals surface area contributed by atoms with Crippen LogP contribution in [0.5, 0.6) is 0 Å². The molecular weight excluding hydrogens is 867 g/mol. The second-order valence-corrected chi connectivity index (χ2v) is 19.5. The molecule has 1 fully saturated rings. The summed E-state index contributed by atoms with van der Waals surface area (Å²) in [4.78, 5) is 87.8. The minimum Gasteiger partial charge on any atom is -0.386 e. The topological polar surface area (TPSA) is 364 Å². The van der Waals surface area contributed by atoms with Crippen molar-refractivity contribution in [2.45, 2.75) is 109 Å². The standard InChI is InChI=1S/C31H54N7O17P3S/c1-4-5-6-7-8-9-10-11-22(40)59-15-14-33-21(39)12-13-34-29(43)26(42)31(2,3)17-52-58(49,50)55-57(47,48)51-16-20-25(54-56(44,45)46)24(41)30(53-20)38-19-37-23-27(32)35-18-36-28(23)38/h18-20,24-26,30,41-42H,4-17H2,1-3H3,(H,33,39)(H,34,43)(H,47,48)(H,49,50)(H2,32,35,36)(H2,44,45,46)/t20-,24-,25+,26+,30-/m0/s1. The summed E-state index contributed by atoms with van der Waals surface area (Å²) in [5.41, 5.74) is 4.28. The van der Waals surface area contributed by atoms with Crippen molar-refractivity contribution in [3.05, 3.63) is 12.7 Å². The van der Waals surface area contributed by atoms with E-state index in [1.807, 2.05) is 0 Å². The summed E-state index contributed by atoms with van der Waals surface area (Å²) in [5, 5.41) is 26.5. The first-order valence-electron chi connectivity index (χ1n) is 18.6. The number of thioether (sulfide) groups is 1. The van der Waals surface area contributed by atoms with Crippen molar-refractivity contribution in [1.29, 1.82) is 0 Å². The van der Waals surface area contributed by atoms with E-state index in [1.165, 1.54) is 39.5 Å². The molecule has 3 heterocycles. The molecule has 59 heavy (non-hydrogen) atoms. The Bertz CT molecular complexity index is 1850. The number of nitrogens with two attached hydrogens (primary N) is 1. The van der Waals surface area contributed by atoms with Gasteiger partial charge < -0.3 is 50.9 Å². The molecule has 0 aromatic carbocycles. The Labute approximate surface area is 344 Å². The van der Waals surface area contributed by atoms with Gasteiger partial charge in [-0.15, -0.1) is 0 Å². The maximum Gasteiger partial charge on any atom is 0.481 e. The average Bonchev–Trinajstić information content (AvgIpc) is 3.71. The highest BCUT2D eigenvalue weighted by Crippen LogP contribution is 2.61. The van der Waals surface area contributed by atoms with Gasteiger partial charge >= 0.3 is 23.5 Å². The van der Waals surface area contributed by atoms with E-state index in [-0.39, 0.29) is 41.6 Å².